The lowest BCUT2D eigenvalue weighted by Crippen LogP contribution is -2.47. The first kappa shape index (κ1) is 28.3. The normalized spacial score (nSPS) is 14.3. The van der Waals surface area contributed by atoms with Gasteiger partial charge in [-0.1, -0.05) is 20.8 Å². The van der Waals surface area contributed by atoms with E-state index in [1.165, 1.54) is 6.92 Å². The third-order valence-electron chi connectivity index (χ3n) is 5.88. The van der Waals surface area contributed by atoms with Crippen LogP contribution in [0.4, 0.5) is 0 Å². The Labute approximate surface area is 178 Å². The van der Waals surface area contributed by atoms with Crippen LogP contribution in [0.5, 0.6) is 0 Å². The molecule has 0 aromatic heterocycles. The van der Waals surface area contributed by atoms with Crippen molar-refractivity contribution in [3.05, 3.63) is 0 Å². The van der Waals surface area contributed by atoms with E-state index in [0.29, 0.717) is 39.0 Å². The van der Waals surface area contributed by atoms with Crippen LogP contribution in [0, 0.1) is 11.3 Å². The van der Waals surface area contributed by atoms with E-state index in [1.807, 2.05) is 27.7 Å². The first-order valence-corrected chi connectivity index (χ1v) is 10.8. The summed E-state index contributed by atoms with van der Waals surface area (Å²) >= 11 is 0. The number of rotatable bonds is 16. The number of hydrogen-bond acceptors (Lipinski definition) is 6. The zero-order chi connectivity index (χ0) is 22.7. The van der Waals surface area contributed by atoms with Crippen LogP contribution in [-0.4, -0.2) is 62.9 Å². The highest BCUT2D eigenvalue weighted by molar-refractivity contribution is 5.65. The Hall–Kier alpha value is -0.690. The summed E-state index contributed by atoms with van der Waals surface area (Å²) in [5.41, 5.74) is -0.740. The predicted molar refractivity (Wildman–Crippen MR) is 116 cm³/mol. The summed E-state index contributed by atoms with van der Waals surface area (Å²) in [6.45, 7) is 23.6. The molecule has 174 valence electrons. The van der Waals surface area contributed by atoms with Crippen molar-refractivity contribution < 1.29 is 28.5 Å². The quantitative estimate of drug-likeness (QED) is 0.269. The molecule has 0 N–H and O–H groups in total. The molecule has 0 aromatic rings. The first-order chi connectivity index (χ1) is 13.2. The highest BCUT2D eigenvalue weighted by Gasteiger charge is 2.42. The minimum Gasteiger partial charge on any atom is -0.463 e. The molecule has 0 radical (unpaired) electrons. The lowest BCUT2D eigenvalue weighted by molar-refractivity contribution is -0.150. The Morgan fingerprint density at radius 3 is 2.00 bits per heavy atom. The number of ether oxygens (including phenoxy) is 5. The van der Waals surface area contributed by atoms with Crippen LogP contribution in [0.1, 0.15) is 75.7 Å². The third-order valence-corrected chi connectivity index (χ3v) is 5.88. The van der Waals surface area contributed by atoms with Gasteiger partial charge in [-0.25, -0.2) is 0 Å². The average molecular weight is 419 g/mol. The Morgan fingerprint density at radius 1 is 0.828 bits per heavy atom. The number of carbonyl (C=O) groups excluding carboxylic acids is 1. The summed E-state index contributed by atoms with van der Waals surface area (Å²) in [7, 11) is 0. The molecule has 0 amide bonds. The van der Waals surface area contributed by atoms with E-state index in [2.05, 4.69) is 34.6 Å². The third kappa shape index (κ3) is 11.9. The van der Waals surface area contributed by atoms with E-state index in [0.717, 1.165) is 6.42 Å². The van der Waals surface area contributed by atoms with E-state index in [4.69, 9.17) is 23.7 Å². The zero-order valence-corrected chi connectivity index (χ0v) is 20.6. The largest absolute Gasteiger partial charge is 0.463 e. The molecule has 0 fully saturated rings. The summed E-state index contributed by atoms with van der Waals surface area (Å²) in [6.07, 6.45) is 0.985. The molecule has 6 heteroatoms. The van der Waals surface area contributed by atoms with Gasteiger partial charge in [-0.05, 0) is 59.3 Å². The van der Waals surface area contributed by atoms with Crippen LogP contribution in [-0.2, 0) is 28.5 Å². The molecular weight excluding hydrogens is 372 g/mol. The molecule has 0 aliphatic rings. The summed E-state index contributed by atoms with van der Waals surface area (Å²) in [4.78, 5) is 10.8. The second-order valence-corrected chi connectivity index (χ2v) is 9.67. The van der Waals surface area contributed by atoms with Gasteiger partial charge < -0.3 is 23.7 Å². The minimum atomic E-state index is -0.342. The molecule has 0 bridgehead atoms. The molecule has 0 aliphatic heterocycles. The number of carbonyl (C=O) groups is 1. The average Bonchev–Trinajstić information content (AvgIpc) is 2.57. The van der Waals surface area contributed by atoms with Gasteiger partial charge in [-0.15, -0.1) is 0 Å². The van der Waals surface area contributed by atoms with Gasteiger partial charge in [0.2, 0.25) is 0 Å². The van der Waals surface area contributed by atoms with Crippen molar-refractivity contribution >= 4 is 5.97 Å². The maximum atomic E-state index is 10.8. The summed E-state index contributed by atoms with van der Waals surface area (Å²) < 4.78 is 28.4. The Bertz CT molecular complexity index is 456. The van der Waals surface area contributed by atoms with Gasteiger partial charge in [-0.2, -0.15) is 0 Å². The lowest BCUT2D eigenvalue weighted by Gasteiger charge is -2.46. The number of hydrogen-bond donors (Lipinski definition) is 0. The molecule has 0 aromatic carbocycles. The van der Waals surface area contributed by atoms with Crippen molar-refractivity contribution in [2.45, 2.75) is 93.0 Å². The van der Waals surface area contributed by atoms with Gasteiger partial charge >= 0.3 is 5.97 Å². The van der Waals surface area contributed by atoms with Gasteiger partial charge in [0.1, 0.15) is 6.61 Å². The molecule has 0 saturated carbocycles. The minimum absolute atomic E-state index is 0.0772. The fraction of sp³-hybridized carbons (Fsp3) is 0.957. The van der Waals surface area contributed by atoms with Crippen LogP contribution in [0.2, 0.25) is 0 Å². The molecule has 6 nitrogen and oxygen atoms in total. The predicted octanol–water partition coefficient (Wildman–Crippen LogP) is 4.63. The standard InChI is InChI=1S/C23H46O6/c1-18(2)26-14-13-25-17-19(3)22(7,8)23(9,10)29-12-11-21(5,6)28-16-15-27-20(4)24/h18-19H,11-17H2,1-10H3. The maximum Gasteiger partial charge on any atom is 0.302 e. The highest BCUT2D eigenvalue weighted by Crippen LogP contribution is 2.41. The second kappa shape index (κ2) is 12.9. The topological polar surface area (TPSA) is 63.2 Å². The van der Waals surface area contributed by atoms with Crippen LogP contribution in [0.25, 0.3) is 0 Å². The van der Waals surface area contributed by atoms with Gasteiger partial charge in [0.05, 0.1) is 43.7 Å². The van der Waals surface area contributed by atoms with Crippen molar-refractivity contribution in [3.8, 4) is 0 Å². The summed E-state index contributed by atoms with van der Waals surface area (Å²) in [6, 6.07) is 0. The molecule has 0 heterocycles. The zero-order valence-electron chi connectivity index (χ0n) is 20.6. The van der Waals surface area contributed by atoms with Crippen molar-refractivity contribution in [3.63, 3.8) is 0 Å². The highest BCUT2D eigenvalue weighted by atomic mass is 16.6. The molecule has 0 aliphatic carbocycles. The van der Waals surface area contributed by atoms with E-state index in [1.54, 1.807) is 0 Å². The van der Waals surface area contributed by atoms with Gasteiger partial charge in [0, 0.05) is 13.5 Å². The number of esters is 1. The van der Waals surface area contributed by atoms with E-state index < -0.39 is 0 Å². The van der Waals surface area contributed by atoms with Crippen LogP contribution < -0.4 is 0 Å². The molecule has 0 spiro atoms. The monoisotopic (exact) mass is 418 g/mol. The fourth-order valence-electron chi connectivity index (χ4n) is 2.72. The van der Waals surface area contributed by atoms with Crippen molar-refractivity contribution in [2.24, 2.45) is 11.3 Å². The van der Waals surface area contributed by atoms with Crippen LogP contribution in [0.3, 0.4) is 0 Å². The first-order valence-electron chi connectivity index (χ1n) is 10.8. The molecule has 1 atom stereocenters. The molecule has 0 saturated heterocycles. The van der Waals surface area contributed by atoms with E-state index in [9.17, 15) is 4.79 Å². The maximum absolute atomic E-state index is 10.8. The molecular formula is C23H46O6. The SMILES string of the molecule is CC(=O)OCCOC(C)(C)CCOC(C)(C)C(C)(C)C(C)COCCOC(C)C. The smallest absolute Gasteiger partial charge is 0.302 e. The second-order valence-electron chi connectivity index (χ2n) is 9.67. The molecule has 1 unspecified atom stereocenters. The lowest BCUT2D eigenvalue weighted by atomic mass is 9.68. The van der Waals surface area contributed by atoms with Gasteiger partial charge in [0.15, 0.2) is 0 Å². The van der Waals surface area contributed by atoms with Crippen molar-refractivity contribution in [2.75, 3.05) is 39.6 Å². The van der Waals surface area contributed by atoms with Gasteiger partial charge in [-0.3, -0.25) is 4.79 Å². The van der Waals surface area contributed by atoms with Crippen molar-refractivity contribution in [1.82, 2.24) is 0 Å². The van der Waals surface area contributed by atoms with E-state index in [-0.39, 0.29) is 35.3 Å². The Balaban J connectivity index is 4.37. The van der Waals surface area contributed by atoms with Crippen LogP contribution in [0.15, 0.2) is 0 Å². The Kier molecular flexibility index (Phi) is 12.6. The summed E-state index contributed by atoms with van der Waals surface area (Å²) in [5.74, 6) is 0.0359. The van der Waals surface area contributed by atoms with Crippen LogP contribution >= 0.6 is 0 Å². The van der Waals surface area contributed by atoms with E-state index >= 15 is 0 Å². The molecule has 29 heavy (non-hydrogen) atoms. The fourth-order valence-corrected chi connectivity index (χ4v) is 2.72. The van der Waals surface area contributed by atoms with Crippen molar-refractivity contribution in [1.29, 1.82) is 0 Å². The van der Waals surface area contributed by atoms with Gasteiger partial charge in [0.25, 0.3) is 0 Å². The molecule has 0 rings (SSSR count). The summed E-state index contributed by atoms with van der Waals surface area (Å²) in [5, 5.41) is 0. The Morgan fingerprint density at radius 2 is 1.45 bits per heavy atom.